The number of hydrogen-bond donors (Lipinski definition) is 2. The molecule has 5 nitrogen and oxygen atoms in total. The first-order valence-corrected chi connectivity index (χ1v) is 4.86. The van der Waals surface area contributed by atoms with Gasteiger partial charge in [-0.05, 0) is 20.4 Å². The largest absolute Gasteiger partial charge is 0.465 e. The van der Waals surface area contributed by atoms with Crippen LogP contribution in [0.4, 0.5) is 4.79 Å². The standard InChI is InChI=1S/C9H18N2O3/c1-4-10-5-7-6-14-9(2,3)11(7)8(12)13/h7,10H,4-6H2,1-3H3,(H,12,13)/t7-/m0/s1. The summed E-state index contributed by atoms with van der Waals surface area (Å²) in [5.41, 5.74) is -0.702. The number of likely N-dealkylation sites (N-methyl/N-ethyl adjacent to an activating group) is 1. The Kier molecular flexibility index (Phi) is 3.34. The van der Waals surface area contributed by atoms with E-state index < -0.39 is 11.8 Å². The summed E-state index contributed by atoms with van der Waals surface area (Å²) in [4.78, 5) is 12.4. The van der Waals surface area contributed by atoms with E-state index in [0.717, 1.165) is 6.54 Å². The third kappa shape index (κ3) is 2.16. The van der Waals surface area contributed by atoms with Gasteiger partial charge in [-0.25, -0.2) is 4.79 Å². The van der Waals surface area contributed by atoms with Crippen molar-refractivity contribution in [3.63, 3.8) is 0 Å². The molecule has 82 valence electrons. The first kappa shape index (κ1) is 11.3. The Hall–Kier alpha value is -0.810. The van der Waals surface area contributed by atoms with Crippen LogP contribution in [0.3, 0.4) is 0 Å². The van der Waals surface area contributed by atoms with E-state index in [1.807, 2.05) is 6.92 Å². The molecule has 0 spiro atoms. The van der Waals surface area contributed by atoms with Crippen molar-refractivity contribution in [2.75, 3.05) is 19.7 Å². The van der Waals surface area contributed by atoms with Crippen molar-refractivity contribution < 1.29 is 14.6 Å². The third-order valence-electron chi connectivity index (χ3n) is 2.41. The van der Waals surface area contributed by atoms with Crippen LogP contribution in [0.1, 0.15) is 20.8 Å². The van der Waals surface area contributed by atoms with Crippen LogP contribution >= 0.6 is 0 Å². The minimum atomic E-state index is -0.921. The maximum atomic E-state index is 11.0. The Balaban J connectivity index is 2.64. The van der Waals surface area contributed by atoms with Crippen molar-refractivity contribution in [1.82, 2.24) is 10.2 Å². The van der Waals surface area contributed by atoms with Gasteiger partial charge in [0.05, 0.1) is 12.6 Å². The maximum Gasteiger partial charge on any atom is 0.409 e. The Labute approximate surface area is 84.0 Å². The molecule has 1 amide bonds. The molecule has 0 aliphatic carbocycles. The van der Waals surface area contributed by atoms with Gasteiger partial charge >= 0.3 is 6.09 Å². The molecule has 0 bridgehead atoms. The van der Waals surface area contributed by atoms with Crippen molar-refractivity contribution >= 4 is 6.09 Å². The number of carbonyl (C=O) groups is 1. The molecule has 0 aromatic heterocycles. The van der Waals surface area contributed by atoms with E-state index >= 15 is 0 Å². The second-order valence-corrected chi connectivity index (χ2v) is 3.87. The lowest BCUT2D eigenvalue weighted by molar-refractivity contribution is -0.0418. The van der Waals surface area contributed by atoms with Gasteiger partial charge in [0.2, 0.25) is 0 Å². The van der Waals surface area contributed by atoms with Crippen LogP contribution in [-0.4, -0.2) is 47.6 Å². The van der Waals surface area contributed by atoms with E-state index in [0.29, 0.717) is 13.2 Å². The molecule has 0 radical (unpaired) electrons. The molecule has 1 aliphatic rings. The predicted octanol–water partition coefficient (Wildman–Crippen LogP) is 0.711. The van der Waals surface area contributed by atoms with E-state index in [4.69, 9.17) is 9.84 Å². The van der Waals surface area contributed by atoms with E-state index in [1.165, 1.54) is 4.90 Å². The van der Waals surface area contributed by atoms with Gasteiger partial charge in [-0.2, -0.15) is 0 Å². The van der Waals surface area contributed by atoms with Gasteiger partial charge in [-0.15, -0.1) is 0 Å². The molecular formula is C9H18N2O3. The van der Waals surface area contributed by atoms with Crippen LogP contribution < -0.4 is 5.32 Å². The fraction of sp³-hybridized carbons (Fsp3) is 0.889. The van der Waals surface area contributed by atoms with Crippen LogP contribution in [0.25, 0.3) is 0 Å². The van der Waals surface area contributed by atoms with Crippen LogP contribution in [0.5, 0.6) is 0 Å². The Bertz CT molecular complexity index is 218. The lowest BCUT2D eigenvalue weighted by Gasteiger charge is -2.30. The minimum absolute atomic E-state index is 0.0811. The smallest absolute Gasteiger partial charge is 0.409 e. The van der Waals surface area contributed by atoms with Crippen molar-refractivity contribution in [3.8, 4) is 0 Å². The van der Waals surface area contributed by atoms with E-state index in [2.05, 4.69) is 5.32 Å². The molecule has 0 unspecified atom stereocenters. The molecule has 14 heavy (non-hydrogen) atoms. The van der Waals surface area contributed by atoms with Crippen molar-refractivity contribution in [3.05, 3.63) is 0 Å². The molecule has 0 saturated carbocycles. The molecule has 1 fully saturated rings. The van der Waals surface area contributed by atoms with Crippen molar-refractivity contribution in [2.45, 2.75) is 32.5 Å². The summed E-state index contributed by atoms with van der Waals surface area (Å²) in [6.07, 6.45) is -0.921. The quantitative estimate of drug-likeness (QED) is 0.707. The molecule has 1 aliphatic heterocycles. The molecule has 1 rings (SSSR count). The van der Waals surface area contributed by atoms with Gasteiger partial charge < -0.3 is 15.2 Å². The number of amides is 1. The zero-order valence-corrected chi connectivity index (χ0v) is 8.91. The second-order valence-electron chi connectivity index (χ2n) is 3.87. The average Bonchev–Trinajstić information content (AvgIpc) is 2.37. The Morgan fingerprint density at radius 2 is 2.36 bits per heavy atom. The number of nitrogens with one attached hydrogen (secondary N) is 1. The van der Waals surface area contributed by atoms with Gasteiger partial charge in [0.25, 0.3) is 0 Å². The van der Waals surface area contributed by atoms with Gasteiger partial charge in [0.15, 0.2) is 0 Å². The third-order valence-corrected chi connectivity index (χ3v) is 2.41. The Morgan fingerprint density at radius 1 is 1.71 bits per heavy atom. The molecular weight excluding hydrogens is 184 g/mol. The number of ether oxygens (including phenoxy) is 1. The summed E-state index contributed by atoms with van der Waals surface area (Å²) in [5.74, 6) is 0. The zero-order chi connectivity index (χ0) is 10.8. The highest BCUT2D eigenvalue weighted by Crippen LogP contribution is 2.26. The summed E-state index contributed by atoms with van der Waals surface area (Å²) < 4.78 is 5.43. The topological polar surface area (TPSA) is 61.8 Å². The monoisotopic (exact) mass is 202 g/mol. The number of hydrogen-bond acceptors (Lipinski definition) is 3. The fourth-order valence-electron chi connectivity index (χ4n) is 1.73. The zero-order valence-electron chi connectivity index (χ0n) is 8.91. The summed E-state index contributed by atoms with van der Waals surface area (Å²) >= 11 is 0. The van der Waals surface area contributed by atoms with Crippen molar-refractivity contribution in [2.24, 2.45) is 0 Å². The second kappa shape index (κ2) is 4.14. The molecule has 1 heterocycles. The molecule has 5 heteroatoms. The van der Waals surface area contributed by atoms with Gasteiger partial charge in [-0.3, -0.25) is 4.90 Å². The molecule has 1 saturated heterocycles. The highest BCUT2D eigenvalue weighted by atomic mass is 16.5. The molecule has 1 atom stereocenters. The number of carboxylic acid groups (broad SMARTS) is 1. The van der Waals surface area contributed by atoms with E-state index in [1.54, 1.807) is 13.8 Å². The fourth-order valence-corrected chi connectivity index (χ4v) is 1.73. The highest BCUT2D eigenvalue weighted by molar-refractivity contribution is 5.66. The van der Waals surface area contributed by atoms with Crippen LogP contribution in [-0.2, 0) is 4.74 Å². The normalized spacial score (nSPS) is 25.4. The van der Waals surface area contributed by atoms with Crippen LogP contribution in [0.15, 0.2) is 0 Å². The summed E-state index contributed by atoms with van der Waals surface area (Å²) in [6.45, 7) is 7.48. The first-order chi connectivity index (χ1) is 6.49. The van der Waals surface area contributed by atoms with Crippen molar-refractivity contribution in [1.29, 1.82) is 0 Å². The highest BCUT2D eigenvalue weighted by Gasteiger charge is 2.43. The molecule has 2 N–H and O–H groups in total. The van der Waals surface area contributed by atoms with Crippen LogP contribution in [0.2, 0.25) is 0 Å². The summed E-state index contributed by atoms with van der Waals surface area (Å²) in [7, 11) is 0. The van der Waals surface area contributed by atoms with Gasteiger partial charge in [0, 0.05) is 6.54 Å². The summed E-state index contributed by atoms with van der Waals surface area (Å²) in [5, 5.41) is 12.2. The molecule has 0 aromatic carbocycles. The SMILES string of the molecule is CCNC[C@H]1COC(C)(C)N1C(=O)O. The average molecular weight is 202 g/mol. The van der Waals surface area contributed by atoms with Gasteiger partial charge in [-0.1, -0.05) is 6.92 Å². The lowest BCUT2D eigenvalue weighted by Crippen LogP contribution is -2.50. The maximum absolute atomic E-state index is 11.0. The lowest BCUT2D eigenvalue weighted by atomic mass is 10.2. The Morgan fingerprint density at radius 3 is 2.86 bits per heavy atom. The minimum Gasteiger partial charge on any atom is -0.465 e. The summed E-state index contributed by atoms with van der Waals surface area (Å²) in [6, 6.07) is -0.0811. The van der Waals surface area contributed by atoms with E-state index in [9.17, 15) is 4.79 Å². The molecule has 0 aromatic rings. The number of nitrogens with zero attached hydrogens (tertiary/aromatic N) is 1. The first-order valence-electron chi connectivity index (χ1n) is 4.86. The van der Waals surface area contributed by atoms with E-state index in [-0.39, 0.29) is 6.04 Å². The number of rotatable bonds is 3. The van der Waals surface area contributed by atoms with Crippen LogP contribution in [0, 0.1) is 0 Å². The predicted molar refractivity (Wildman–Crippen MR) is 52.2 cm³/mol. The van der Waals surface area contributed by atoms with Gasteiger partial charge in [0.1, 0.15) is 5.72 Å².